The Morgan fingerprint density at radius 3 is 2.48 bits per heavy atom. The molecule has 1 aromatic heterocycles. The summed E-state index contributed by atoms with van der Waals surface area (Å²) < 4.78 is 5.60. The molecular formula is C15H17ClN2O3. The maximum atomic E-state index is 11.4. The molecule has 1 saturated carbocycles. The van der Waals surface area contributed by atoms with E-state index < -0.39 is 11.1 Å². The summed E-state index contributed by atoms with van der Waals surface area (Å²) in [6, 6.07) is 5.44. The predicted octanol–water partition coefficient (Wildman–Crippen LogP) is 2.46. The minimum Gasteiger partial charge on any atom is -0.378 e. The molecule has 1 fully saturated rings. The van der Waals surface area contributed by atoms with Crippen LogP contribution in [0.3, 0.4) is 0 Å². The van der Waals surface area contributed by atoms with Gasteiger partial charge in [0.1, 0.15) is 0 Å². The zero-order chi connectivity index (χ0) is 15.0. The lowest BCUT2D eigenvalue weighted by Crippen LogP contribution is -2.39. The number of benzene rings is 1. The zero-order valence-electron chi connectivity index (χ0n) is 11.7. The van der Waals surface area contributed by atoms with Crippen LogP contribution in [-0.4, -0.2) is 22.7 Å². The fraction of sp³-hybridized carbons (Fsp3) is 0.467. The molecule has 112 valence electrons. The molecule has 2 N–H and O–H groups in total. The number of fused-ring (bicyclic) bond motifs is 1. The summed E-state index contributed by atoms with van der Waals surface area (Å²) >= 11 is 6.51. The first-order chi connectivity index (χ1) is 10.0. The van der Waals surface area contributed by atoms with Crippen molar-refractivity contribution in [2.45, 2.75) is 36.7 Å². The summed E-state index contributed by atoms with van der Waals surface area (Å²) in [7, 11) is 1.73. The van der Waals surface area contributed by atoms with Gasteiger partial charge in [0.15, 0.2) is 0 Å². The van der Waals surface area contributed by atoms with E-state index in [1.807, 2.05) is 12.1 Å². The summed E-state index contributed by atoms with van der Waals surface area (Å²) in [6.07, 6.45) is 3.97. The number of halogens is 1. The van der Waals surface area contributed by atoms with Crippen LogP contribution in [0.5, 0.6) is 0 Å². The number of hydrogen-bond donors (Lipinski definition) is 2. The molecule has 2 aromatic rings. The molecule has 1 aromatic carbocycles. The molecule has 1 aliphatic rings. The number of hydrogen-bond acceptors (Lipinski definition) is 3. The Hall–Kier alpha value is -1.59. The summed E-state index contributed by atoms with van der Waals surface area (Å²) in [5, 5.41) is -0.190. The van der Waals surface area contributed by atoms with Crippen molar-refractivity contribution >= 4 is 22.6 Å². The number of methoxy groups -OCH3 is 1. The second-order valence-corrected chi connectivity index (χ2v) is 6.15. The van der Waals surface area contributed by atoms with Crippen molar-refractivity contribution in [1.82, 2.24) is 9.97 Å². The number of nitrogens with one attached hydrogen (secondary N) is 2. The Balaban J connectivity index is 1.91. The Bertz CT molecular complexity index is 771. The number of ether oxygens (including phenoxy) is 1. The Morgan fingerprint density at radius 2 is 1.90 bits per heavy atom. The van der Waals surface area contributed by atoms with Gasteiger partial charge >= 0.3 is 11.1 Å². The Kier molecular flexibility index (Phi) is 3.63. The molecule has 6 heteroatoms. The first-order valence-electron chi connectivity index (χ1n) is 6.98. The third-order valence-electron chi connectivity index (χ3n) is 4.36. The largest absolute Gasteiger partial charge is 0.378 e. The van der Waals surface area contributed by atoms with Crippen molar-refractivity contribution in [3.05, 3.63) is 44.5 Å². The summed E-state index contributed by atoms with van der Waals surface area (Å²) in [4.78, 5) is 27.8. The molecule has 0 amide bonds. The highest BCUT2D eigenvalue weighted by Crippen LogP contribution is 2.43. The van der Waals surface area contributed by atoms with Gasteiger partial charge in [-0.3, -0.25) is 9.59 Å². The van der Waals surface area contributed by atoms with Crippen LogP contribution in [0.25, 0.3) is 11.0 Å². The van der Waals surface area contributed by atoms with Gasteiger partial charge < -0.3 is 14.7 Å². The first-order valence-corrected chi connectivity index (χ1v) is 7.42. The van der Waals surface area contributed by atoms with E-state index in [0.717, 1.165) is 24.8 Å². The van der Waals surface area contributed by atoms with Gasteiger partial charge in [-0.25, -0.2) is 0 Å². The second kappa shape index (κ2) is 5.31. The Morgan fingerprint density at radius 1 is 1.24 bits per heavy atom. The predicted molar refractivity (Wildman–Crippen MR) is 82.0 cm³/mol. The molecule has 0 aliphatic heterocycles. The third-order valence-corrected chi connectivity index (χ3v) is 4.76. The van der Waals surface area contributed by atoms with Gasteiger partial charge in [0, 0.05) is 7.11 Å². The van der Waals surface area contributed by atoms with E-state index in [0.29, 0.717) is 11.0 Å². The van der Waals surface area contributed by atoms with E-state index in [-0.39, 0.29) is 11.0 Å². The maximum Gasteiger partial charge on any atom is 0.314 e. The fourth-order valence-corrected chi connectivity index (χ4v) is 3.25. The van der Waals surface area contributed by atoms with Crippen LogP contribution in [0.4, 0.5) is 0 Å². The van der Waals surface area contributed by atoms with Crippen molar-refractivity contribution in [3.63, 3.8) is 0 Å². The molecule has 3 rings (SSSR count). The molecule has 0 radical (unpaired) electrons. The van der Waals surface area contributed by atoms with Crippen LogP contribution in [-0.2, 0) is 4.74 Å². The number of H-pyrrole nitrogens is 2. The summed E-state index contributed by atoms with van der Waals surface area (Å²) in [5.74, 6) is 0. The van der Waals surface area contributed by atoms with E-state index in [9.17, 15) is 9.59 Å². The maximum absolute atomic E-state index is 11.4. The summed E-state index contributed by atoms with van der Waals surface area (Å²) in [5.41, 5.74) is 0.679. The molecule has 0 spiro atoms. The standard InChI is InChI=1S/C15H17ClN2O3/c1-21-15(5-2-6-15)8-10(16)9-3-4-11-12(7-9)18-14(20)13(19)17-11/h3-4,7,10H,2,5-6,8H2,1H3,(H,17,19)(H,18,20). The van der Waals surface area contributed by atoms with Crippen LogP contribution < -0.4 is 11.1 Å². The van der Waals surface area contributed by atoms with Crippen LogP contribution in [0.2, 0.25) is 0 Å². The van der Waals surface area contributed by atoms with Gasteiger partial charge in [-0.05, 0) is 43.4 Å². The zero-order valence-corrected chi connectivity index (χ0v) is 12.5. The number of alkyl halides is 1. The molecule has 0 bridgehead atoms. The van der Waals surface area contributed by atoms with Gasteiger partial charge in [0.05, 0.1) is 22.0 Å². The van der Waals surface area contributed by atoms with E-state index >= 15 is 0 Å². The smallest absolute Gasteiger partial charge is 0.314 e. The lowest BCUT2D eigenvalue weighted by molar-refractivity contribution is -0.0780. The topological polar surface area (TPSA) is 75.0 Å². The van der Waals surface area contributed by atoms with Crippen molar-refractivity contribution in [3.8, 4) is 0 Å². The van der Waals surface area contributed by atoms with E-state index in [2.05, 4.69) is 9.97 Å². The van der Waals surface area contributed by atoms with Crippen molar-refractivity contribution in [2.24, 2.45) is 0 Å². The number of rotatable bonds is 4. The quantitative estimate of drug-likeness (QED) is 0.673. The van der Waals surface area contributed by atoms with E-state index in [1.54, 1.807) is 13.2 Å². The summed E-state index contributed by atoms with van der Waals surface area (Å²) in [6.45, 7) is 0. The highest BCUT2D eigenvalue weighted by Gasteiger charge is 2.38. The molecule has 5 nitrogen and oxygen atoms in total. The van der Waals surface area contributed by atoms with Crippen molar-refractivity contribution in [2.75, 3.05) is 7.11 Å². The van der Waals surface area contributed by atoms with Gasteiger partial charge in [0.25, 0.3) is 0 Å². The number of aromatic nitrogens is 2. The monoisotopic (exact) mass is 308 g/mol. The van der Waals surface area contributed by atoms with Gasteiger partial charge in [0.2, 0.25) is 0 Å². The average molecular weight is 309 g/mol. The molecule has 1 heterocycles. The molecule has 1 unspecified atom stereocenters. The third kappa shape index (κ3) is 2.63. The van der Waals surface area contributed by atoms with Crippen LogP contribution >= 0.6 is 11.6 Å². The second-order valence-electron chi connectivity index (χ2n) is 5.63. The SMILES string of the molecule is COC1(CC(Cl)c2ccc3[nH]c(=O)c(=O)[nH]c3c2)CCC1. The van der Waals surface area contributed by atoms with Gasteiger partial charge in [-0.1, -0.05) is 6.07 Å². The van der Waals surface area contributed by atoms with Crippen LogP contribution in [0.15, 0.2) is 27.8 Å². The first kappa shape index (κ1) is 14.4. The minimum atomic E-state index is -0.655. The molecular weight excluding hydrogens is 292 g/mol. The average Bonchev–Trinajstić information content (AvgIpc) is 2.43. The van der Waals surface area contributed by atoms with Gasteiger partial charge in [-0.15, -0.1) is 11.6 Å². The van der Waals surface area contributed by atoms with Crippen molar-refractivity contribution < 1.29 is 4.74 Å². The normalized spacial score (nSPS) is 18.4. The number of aromatic amines is 2. The van der Waals surface area contributed by atoms with Gasteiger partial charge in [-0.2, -0.15) is 0 Å². The van der Waals surface area contributed by atoms with Crippen LogP contribution in [0.1, 0.15) is 36.6 Å². The van der Waals surface area contributed by atoms with E-state index in [4.69, 9.17) is 16.3 Å². The molecule has 1 aliphatic carbocycles. The Labute approximate surface area is 126 Å². The highest BCUT2D eigenvalue weighted by atomic mass is 35.5. The lowest BCUT2D eigenvalue weighted by Gasteiger charge is -2.41. The highest BCUT2D eigenvalue weighted by molar-refractivity contribution is 6.21. The van der Waals surface area contributed by atoms with Crippen molar-refractivity contribution in [1.29, 1.82) is 0 Å². The molecule has 1 atom stereocenters. The fourth-order valence-electron chi connectivity index (χ4n) is 2.83. The van der Waals surface area contributed by atoms with Crippen LogP contribution in [0, 0.1) is 0 Å². The molecule has 0 saturated heterocycles. The lowest BCUT2D eigenvalue weighted by atomic mass is 9.76. The van der Waals surface area contributed by atoms with E-state index in [1.165, 1.54) is 6.42 Å². The molecule has 21 heavy (non-hydrogen) atoms. The minimum absolute atomic E-state index is 0.111.